The van der Waals surface area contributed by atoms with E-state index in [0.29, 0.717) is 43.6 Å². The number of sulfonamides is 1. The van der Waals surface area contributed by atoms with Gasteiger partial charge in [0.1, 0.15) is 0 Å². The smallest absolute Gasteiger partial charge is 0.258 e. The van der Waals surface area contributed by atoms with Crippen molar-refractivity contribution in [2.45, 2.75) is 10.9 Å². The molecule has 1 aromatic heterocycles. The number of benzene rings is 1. The summed E-state index contributed by atoms with van der Waals surface area (Å²) >= 11 is 0. The number of likely N-dealkylation sites (N-methyl/N-ethyl adjacent to an activating group) is 1. The highest BCUT2D eigenvalue weighted by molar-refractivity contribution is 7.89. The Morgan fingerprint density at radius 3 is 2.81 bits per heavy atom. The molecule has 4 rings (SSSR count). The summed E-state index contributed by atoms with van der Waals surface area (Å²) < 4.78 is 37.8. The van der Waals surface area contributed by atoms with Gasteiger partial charge in [0.15, 0.2) is 5.82 Å². The van der Waals surface area contributed by atoms with Gasteiger partial charge in [0.05, 0.1) is 24.2 Å². The van der Waals surface area contributed by atoms with Crippen LogP contribution in [0.15, 0.2) is 33.7 Å². The highest BCUT2D eigenvalue weighted by Gasteiger charge is 2.28. The van der Waals surface area contributed by atoms with Crippen LogP contribution in [0.25, 0.3) is 11.5 Å². The lowest BCUT2D eigenvalue weighted by atomic mass is 10.2. The number of morpholine rings is 1. The molecule has 0 amide bonds. The average Bonchev–Trinajstić information content (AvgIpc) is 3.19. The van der Waals surface area contributed by atoms with E-state index in [9.17, 15) is 8.42 Å². The van der Waals surface area contributed by atoms with E-state index in [4.69, 9.17) is 9.26 Å². The topological polar surface area (TPSA) is 101 Å². The van der Waals surface area contributed by atoms with E-state index in [0.717, 1.165) is 19.6 Å². The Bertz CT molecular complexity index is 894. The van der Waals surface area contributed by atoms with Crippen molar-refractivity contribution in [2.75, 3.05) is 53.0 Å². The second-order valence-corrected chi connectivity index (χ2v) is 8.64. The number of hydrogen-bond donors (Lipinski definition) is 1. The maximum atomic E-state index is 12.9. The molecule has 0 aliphatic carbocycles. The van der Waals surface area contributed by atoms with E-state index in [-0.39, 0.29) is 10.9 Å². The fraction of sp³-hybridized carbons (Fsp3) is 0.529. The van der Waals surface area contributed by atoms with Crippen LogP contribution in [0.1, 0.15) is 11.9 Å². The van der Waals surface area contributed by atoms with Gasteiger partial charge in [0.2, 0.25) is 10.0 Å². The fourth-order valence-corrected chi connectivity index (χ4v) is 4.76. The molecule has 2 aliphatic heterocycles. The summed E-state index contributed by atoms with van der Waals surface area (Å²) in [5.74, 6) is 0.921. The van der Waals surface area contributed by atoms with Crippen LogP contribution in [-0.4, -0.2) is 80.7 Å². The summed E-state index contributed by atoms with van der Waals surface area (Å²) in [7, 11) is -1.54. The van der Waals surface area contributed by atoms with E-state index in [1.807, 2.05) is 7.05 Å². The lowest BCUT2D eigenvalue weighted by Gasteiger charge is -2.30. The second kappa shape index (κ2) is 7.64. The third-order valence-corrected chi connectivity index (χ3v) is 6.83. The van der Waals surface area contributed by atoms with Gasteiger partial charge in [0.25, 0.3) is 5.89 Å². The Kier molecular flexibility index (Phi) is 5.24. The molecule has 0 spiro atoms. The zero-order valence-corrected chi connectivity index (χ0v) is 16.0. The molecule has 2 aromatic rings. The summed E-state index contributed by atoms with van der Waals surface area (Å²) in [6.07, 6.45) is 0. The van der Waals surface area contributed by atoms with Gasteiger partial charge in [-0.05, 0) is 25.2 Å². The van der Waals surface area contributed by atoms with Gasteiger partial charge in [-0.25, -0.2) is 8.42 Å². The van der Waals surface area contributed by atoms with E-state index >= 15 is 0 Å². The van der Waals surface area contributed by atoms with Crippen LogP contribution in [0.4, 0.5) is 0 Å². The number of ether oxygens (including phenoxy) is 1. The maximum Gasteiger partial charge on any atom is 0.258 e. The zero-order valence-electron chi connectivity index (χ0n) is 15.2. The Labute approximate surface area is 158 Å². The SMILES string of the molecule is CN1CCNCC1c1noc(-c2cccc(S(=O)(=O)N3CCOCC3)c2)n1. The highest BCUT2D eigenvalue weighted by atomic mass is 32.2. The molecule has 3 heterocycles. The van der Waals surface area contributed by atoms with Crippen LogP contribution < -0.4 is 5.32 Å². The predicted octanol–water partition coefficient (Wildman–Crippen LogP) is 0.334. The van der Waals surface area contributed by atoms with Crippen molar-refractivity contribution in [1.82, 2.24) is 24.7 Å². The second-order valence-electron chi connectivity index (χ2n) is 6.70. The number of aromatic nitrogens is 2. The van der Waals surface area contributed by atoms with Crippen LogP contribution in [0.5, 0.6) is 0 Å². The van der Waals surface area contributed by atoms with Crippen molar-refractivity contribution in [2.24, 2.45) is 0 Å². The van der Waals surface area contributed by atoms with Crippen LogP contribution in [0.3, 0.4) is 0 Å². The molecule has 1 unspecified atom stereocenters. The molecule has 2 aliphatic rings. The van der Waals surface area contributed by atoms with Crippen LogP contribution in [-0.2, 0) is 14.8 Å². The molecular weight excluding hydrogens is 370 g/mol. The first-order chi connectivity index (χ1) is 13.1. The minimum Gasteiger partial charge on any atom is -0.379 e. The van der Waals surface area contributed by atoms with Gasteiger partial charge >= 0.3 is 0 Å². The summed E-state index contributed by atoms with van der Waals surface area (Å²) in [6.45, 7) is 4.13. The number of hydrogen-bond acceptors (Lipinski definition) is 8. The molecular formula is C17H23N5O4S. The predicted molar refractivity (Wildman–Crippen MR) is 97.6 cm³/mol. The minimum absolute atomic E-state index is 0.0384. The molecule has 1 atom stereocenters. The van der Waals surface area contributed by atoms with Crippen molar-refractivity contribution in [3.8, 4) is 11.5 Å². The molecule has 2 fully saturated rings. The van der Waals surface area contributed by atoms with Crippen LogP contribution >= 0.6 is 0 Å². The van der Waals surface area contributed by atoms with Gasteiger partial charge in [-0.2, -0.15) is 9.29 Å². The first-order valence-corrected chi connectivity index (χ1v) is 10.4. The van der Waals surface area contributed by atoms with Crippen LogP contribution in [0.2, 0.25) is 0 Å². The molecule has 2 saturated heterocycles. The molecule has 0 radical (unpaired) electrons. The molecule has 0 saturated carbocycles. The van der Waals surface area contributed by atoms with E-state index in [2.05, 4.69) is 20.4 Å². The van der Waals surface area contributed by atoms with Gasteiger partial charge in [-0.3, -0.25) is 4.90 Å². The quantitative estimate of drug-likeness (QED) is 0.793. The third-order valence-electron chi connectivity index (χ3n) is 4.94. The third kappa shape index (κ3) is 3.76. The standard InChI is InChI=1S/C17H23N5O4S/c1-21-6-5-18-12-15(21)16-19-17(26-20-16)13-3-2-4-14(11-13)27(23,24)22-7-9-25-10-8-22/h2-4,11,15,18H,5-10,12H2,1H3. The number of nitrogens with zero attached hydrogens (tertiary/aromatic N) is 4. The lowest BCUT2D eigenvalue weighted by Crippen LogP contribution is -2.44. The van der Waals surface area contributed by atoms with Crippen molar-refractivity contribution < 1.29 is 17.7 Å². The summed E-state index contributed by atoms with van der Waals surface area (Å²) in [6, 6.07) is 6.69. The molecule has 0 bridgehead atoms. The molecule has 146 valence electrons. The Morgan fingerprint density at radius 2 is 2.04 bits per heavy atom. The average molecular weight is 393 g/mol. The number of rotatable bonds is 4. The molecule has 27 heavy (non-hydrogen) atoms. The Hall–Kier alpha value is -1.85. The first kappa shape index (κ1) is 18.5. The van der Waals surface area contributed by atoms with Gasteiger partial charge in [0, 0.05) is 38.3 Å². The molecule has 1 aromatic carbocycles. The van der Waals surface area contributed by atoms with E-state index in [1.165, 1.54) is 4.31 Å². The maximum absolute atomic E-state index is 12.9. The highest BCUT2D eigenvalue weighted by Crippen LogP contribution is 2.26. The Morgan fingerprint density at radius 1 is 1.22 bits per heavy atom. The van der Waals surface area contributed by atoms with Gasteiger partial charge in [-0.15, -0.1) is 0 Å². The first-order valence-electron chi connectivity index (χ1n) is 8.98. The largest absolute Gasteiger partial charge is 0.379 e. The van der Waals surface area contributed by atoms with Gasteiger partial charge < -0.3 is 14.6 Å². The fourth-order valence-electron chi connectivity index (χ4n) is 3.31. The van der Waals surface area contributed by atoms with Crippen molar-refractivity contribution in [3.63, 3.8) is 0 Å². The number of nitrogens with one attached hydrogen (secondary N) is 1. The van der Waals surface area contributed by atoms with E-state index < -0.39 is 10.0 Å². The van der Waals surface area contributed by atoms with Crippen LogP contribution in [0, 0.1) is 0 Å². The number of piperazine rings is 1. The van der Waals surface area contributed by atoms with Crippen molar-refractivity contribution in [1.29, 1.82) is 0 Å². The summed E-state index contributed by atoms with van der Waals surface area (Å²) in [5.41, 5.74) is 0.592. The lowest BCUT2D eigenvalue weighted by molar-refractivity contribution is 0.0730. The summed E-state index contributed by atoms with van der Waals surface area (Å²) in [4.78, 5) is 6.89. The van der Waals surface area contributed by atoms with Crippen molar-refractivity contribution >= 4 is 10.0 Å². The normalized spacial score (nSPS) is 22.8. The van der Waals surface area contributed by atoms with Gasteiger partial charge in [-0.1, -0.05) is 11.2 Å². The minimum atomic E-state index is -3.57. The van der Waals surface area contributed by atoms with E-state index in [1.54, 1.807) is 24.3 Å². The molecule has 9 nitrogen and oxygen atoms in total. The zero-order chi connectivity index (χ0) is 18.9. The Balaban J connectivity index is 1.59. The molecule has 10 heteroatoms. The summed E-state index contributed by atoms with van der Waals surface area (Å²) in [5, 5.41) is 7.42. The van der Waals surface area contributed by atoms with Crippen molar-refractivity contribution in [3.05, 3.63) is 30.1 Å². The monoisotopic (exact) mass is 393 g/mol. The molecule has 1 N–H and O–H groups in total.